The van der Waals surface area contributed by atoms with Crippen molar-refractivity contribution >= 4 is 5.78 Å². The number of allylic oxidation sites excluding steroid dienone is 4. The highest BCUT2D eigenvalue weighted by atomic mass is 16.1. The van der Waals surface area contributed by atoms with Crippen LogP contribution in [-0.2, 0) is 4.79 Å². The van der Waals surface area contributed by atoms with E-state index in [0.29, 0.717) is 5.92 Å². The zero-order valence-electron chi connectivity index (χ0n) is 9.84. The Kier molecular flexibility index (Phi) is 7.09. The van der Waals surface area contributed by atoms with E-state index in [2.05, 4.69) is 26.8 Å². The fourth-order valence-corrected chi connectivity index (χ4v) is 1.24. The SMILES string of the molecule is CC(=O)C=CCC(C)CCC=C(C)C. The Hall–Kier alpha value is -0.850. The predicted octanol–water partition coefficient (Wildman–Crippen LogP) is 3.90. The lowest BCUT2D eigenvalue weighted by Gasteiger charge is -2.05. The lowest BCUT2D eigenvalue weighted by molar-refractivity contribution is -0.112. The fraction of sp³-hybridized carbons (Fsp3) is 0.615. The quantitative estimate of drug-likeness (QED) is 0.463. The monoisotopic (exact) mass is 194 g/mol. The number of carbonyl (C=O) groups is 1. The van der Waals surface area contributed by atoms with Crippen LogP contribution in [0, 0.1) is 5.92 Å². The van der Waals surface area contributed by atoms with Gasteiger partial charge in [0.25, 0.3) is 0 Å². The summed E-state index contributed by atoms with van der Waals surface area (Å²) in [6.45, 7) is 8.06. The van der Waals surface area contributed by atoms with Gasteiger partial charge in [-0.1, -0.05) is 24.6 Å². The van der Waals surface area contributed by atoms with Crippen LogP contribution in [-0.4, -0.2) is 5.78 Å². The van der Waals surface area contributed by atoms with Crippen molar-refractivity contribution in [1.29, 1.82) is 0 Å². The topological polar surface area (TPSA) is 17.1 Å². The number of hydrogen-bond donors (Lipinski definition) is 0. The van der Waals surface area contributed by atoms with Gasteiger partial charge in [-0.05, 0) is 52.0 Å². The molecule has 0 saturated carbocycles. The van der Waals surface area contributed by atoms with Crippen molar-refractivity contribution in [1.82, 2.24) is 0 Å². The fourth-order valence-electron chi connectivity index (χ4n) is 1.24. The van der Waals surface area contributed by atoms with Gasteiger partial charge in [-0.3, -0.25) is 4.79 Å². The minimum Gasteiger partial charge on any atom is -0.295 e. The predicted molar refractivity (Wildman–Crippen MR) is 62.3 cm³/mol. The molecule has 1 nitrogen and oxygen atoms in total. The second-order valence-corrected chi connectivity index (χ2v) is 4.21. The van der Waals surface area contributed by atoms with Crippen molar-refractivity contribution in [2.24, 2.45) is 5.92 Å². The van der Waals surface area contributed by atoms with Crippen LogP contribution in [0.1, 0.15) is 47.0 Å². The summed E-state index contributed by atoms with van der Waals surface area (Å²) in [4.78, 5) is 10.6. The molecule has 0 spiro atoms. The van der Waals surface area contributed by atoms with E-state index < -0.39 is 0 Å². The molecule has 0 N–H and O–H groups in total. The molecule has 1 atom stereocenters. The molecule has 0 aliphatic heterocycles. The van der Waals surface area contributed by atoms with Crippen molar-refractivity contribution in [3.05, 3.63) is 23.8 Å². The molecule has 0 rings (SSSR count). The number of rotatable bonds is 6. The van der Waals surface area contributed by atoms with Crippen LogP contribution in [0.5, 0.6) is 0 Å². The molecule has 0 amide bonds. The molecule has 1 heteroatoms. The van der Waals surface area contributed by atoms with E-state index in [9.17, 15) is 4.79 Å². The zero-order valence-corrected chi connectivity index (χ0v) is 9.84. The zero-order chi connectivity index (χ0) is 11.0. The van der Waals surface area contributed by atoms with Crippen molar-refractivity contribution in [2.45, 2.75) is 47.0 Å². The number of ketones is 1. The Bertz CT molecular complexity index is 219. The molecule has 0 heterocycles. The van der Waals surface area contributed by atoms with Gasteiger partial charge in [0.1, 0.15) is 0 Å². The molecule has 1 unspecified atom stereocenters. The third-order valence-corrected chi connectivity index (χ3v) is 2.10. The second-order valence-electron chi connectivity index (χ2n) is 4.21. The maximum absolute atomic E-state index is 10.6. The van der Waals surface area contributed by atoms with E-state index in [1.54, 1.807) is 13.0 Å². The maximum Gasteiger partial charge on any atom is 0.152 e. The molecule has 0 aromatic rings. The summed E-state index contributed by atoms with van der Waals surface area (Å²) in [5.74, 6) is 0.808. The summed E-state index contributed by atoms with van der Waals surface area (Å²) in [6, 6.07) is 0. The molecule has 0 saturated heterocycles. The highest BCUT2D eigenvalue weighted by Gasteiger charge is 1.97. The normalized spacial score (nSPS) is 12.9. The summed E-state index contributed by atoms with van der Waals surface area (Å²) in [6.07, 6.45) is 9.28. The lowest BCUT2D eigenvalue weighted by atomic mass is 10.0. The van der Waals surface area contributed by atoms with Gasteiger partial charge in [0, 0.05) is 0 Å². The summed E-state index contributed by atoms with van der Waals surface area (Å²) in [5.41, 5.74) is 1.39. The molecule has 0 aliphatic carbocycles. The molecule has 80 valence electrons. The van der Waals surface area contributed by atoms with Gasteiger partial charge in [-0.25, -0.2) is 0 Å². The van der Waals surface area contributed by atoms with Crippen LogP contribution in [0.4, 0.5) is 0 Å². The first-order valence-electron chi connectivity index (χ1n) is 5.33. The highest BCUT2D eigenvalue weighted by Crippen LogP contribution is 2.12. The first-order valence-corrected chi connectivity index (χ1v) is 5.33. The largest absolute Gasteiger partial charge is 0.295 e. The summed E-state index contributed by atoms with van der Waals surface area (Å²) in [7, 11) is 0. The standard InChI is InChI=1S/C13H22O/c1-11(2)7-5-8-12(3)9-6-10-13(4)14/h6-7,10,12H,5,8-9H2,1-4H3. The van der Waals surface area contributed by atoms with Crippen LogP contribution in [0.25, 0.3) is 0 Å². The van der Waals surface area contributed by atoms with Crippen LogP contribution >= 0.6 is 0 Å². The molecule has 0 aliphatic rings. The molecule has 0 aromatic heterocycles. The Balaban J connectivity index is 3.61. The average Bonchev–Trinajstić information content (AvgIpc) is 2.02. The molecule has 0 aromatic carbocycles. The Labute approximate surface area is 87.9 Å². The van der Waals surface area contributed by atoms with Gasteiger partial charge >= 0.3 is 0 Å². The molecule has 0 bridgehead atoms. The molecular weight excluding hydrogens is 172 g/mol. The van der Waals surface area contributed by atoms with E-state index in [1.807, 2.05) is 6.08 Å². The van der Waals surface area contributed by atoms with Crippen LogP contribution < -0.4 is 0 Å². The first kappa shape index (κ1) is 13.2. The van der Waals surface area contributed by atoms with Gasteiger partial charge in [0.05, 0.1) is 0 Å². The third kappa shape index (κ3) is 9.24. The van der Waals surface area contributed by atoms with Gasteiger partial charge < -0.3 is 0 Å². The van der Waals surface area contributed by atoms with Crippen molar-refractivity contribution in [3.63, 3.8) is 0 Å². The van der Waals surface area contributed by atoms with E-state index >= 15 is 0 Å². The summed E-state index contributed by atoms with van der Waals surface area (Å²) < 4.78 is 0. The van der Waals surface area contributed by atoms with Gasteiger partial charge in [0.15, 0.2) is 5.78 Å². The molecule has 0 fully saturated rings. The van der Waals surface area contributed by atoms with E-state index in [1.165, 1.54) is 12.0 Å². The Morgan fingerprint density at radius 2 is 1.93 bits per heavy atom. The number of carbonyl (C=O) groups excluding carboxylic acids is 1. The van der Waals surface area contributed by atoms with E-state index in [-0.39, 0.29) is 5.78 Å². The van der Waals surface area contributed by atoms with Gasteiger partial charge in [-0.2, -0.15) is 0 Å². The minimum absolute atomic E-state index is 0.140. The molecule has 0 radical (unpaired) electrons. The number of hydrogen-bond acceptors (Lipinski definition) is 1. The summed E-state index contributed by atoms with van der Waals surface area (Å²) in [5, 5.41) is 0. The van der Waals surface area contributed by atoms with Gasteiger partial charge in [-0.15, -0.1) is 0 Å². The average molecular weight is 194 g/mol. The first-order chi connectivity index (χ1) is 6.52. The van der Waals surface area contributed by atoms with E-state index in [4.69, 9.17) is 0 Å². The van der Waals surface area contributed by atoms with E-state index in [0.717, 1.165) is 12.8 Å². The minimum atomic E-state index is 0.140. The van der Waals surface area contributed by atoms with Crippen LogP contribution in [0.2, 0.25) is 0 Å². The van der Waals surface area contributed by atoms with Crippen molar-refractivity contribution < 1.29 is 4.79 Å². The highest BCUT2D eigenvalue weighted by molar-refractivity contribution is 5.87. The Morgan fingerprint density at radius 1 is 1.29 bits per heavy atom. The molecule has 14 heavy (non-hydrogen) atoms. The van der Waals surface area contributed by atoms with Crippen molar-refractivity contribution in [2.75, 3.05) is 0 Å². The lowest BCUT2D eigenvalue weighted by Crippen LogP contribution is -1.92. The van der Waals surface area contributed by atoms with Crippen LogP contribution in [0.15, 0.2) is 23.8 Å². The third-order valence-electron chi connectivity index (χ3n) is 2.10. The second kappa shape index (κ2) is 7.54. The van der Waals surface area contributed by atoms with Crippen molar-refractivity contribution in [3.8, 4) is 0 Å². The molecular formula is C13H22O. The summed E-state index contributed by atoms with van der Waals surface area (Å²) >= 11 is 0. The smallest absolute Gasteiger partial charge is 0.152 e. The van der Waals surface area contributed by atoms with Gasteiger partial charge in [0.2, 0.25) is 0 Å². The maximum atomic E-state index is 10.6. The van der Waals surface area contributed by atoms with Crippen LogP contribution in [0.3, 0.4) is 0 Å². The Morgan fingerprint density at radius 3 is 2.43 bits per heavy atom.